The maximum absolute atomic E-state index is 11.7. The predicted molar refractivity (Wildman–Crippen MR) is 84.8 cm³/mol. The van der Waals surface area contributed by atoms with Gasteiger partial charge in [-0.1, -0.05) is 0 Å². The van der Waals surface area contributed by atoms with Crippen molar-refractivity contribution in [3.05, 3.63) is 23.8 Å². The van der Waals surface area contributed by atoms with Crippen LogP contribution in [-0.2, 0) is 14.3 Å². The molecule has 0 fully saturated rings. The molecular weight excluding hydrogens is 302 g/mol. The third kappa shape index (κ3) is 4.91. The minimum atomic E-state index is -0.864. The van der Waals surface area contributed by atoms with Crippen LogP contribution >= 0.6 is 0 Å². The van der Waals surface area contributed by atoms with E-state index >= 15 is 0 Å². The summed E-state index contributed by atoms with van der Waals surface area (Å²) in [7, 11) is 5.99. The lowest BCUT2D eigenvalue weighted by Crippen LogP contribution is -2.32. The predicted octanol–water partition coefficient (Wildman–Crippen LogP) is 1.40. The molecule has 0 radical (unpaired) electrons. The fraction of sp³-hybridized carbons (Fsp3) is 0.375. The highest BCUT2D eigenvalue weighted by atomic mass is 16.5. The van der Waals surface area contributed by atoms with Crippen LogP contribution in [0.3, 0.4) is 0 Å². The molecule has 126 valence electrons. The monoisotopic (exact) mass is 323 g/mol. The normalized spacial score (nSPS) is 11.7. The number of rotatable bonds is 7. The first kappa shape index (κ1) is 18.3. The van der Waals surface area contributed by atoms with Crippen LogP contribution in [0.2, 0.25) is 0 Å². The highest BCUT2D eigenvalue weighted by Crippen LogP contribution is 2.38. The van der Waals surface area contributed by atoms with E-state index < -0.39 is 12.1 Å². The van der Waals surface area contributed by atoms with Crippen molar-refractivity contribution in [2.24, 2.45) is 0 Å². The molecule has 0 heterocycles. The molecule has 1 N–H and O–H groups in total. The molecule has 0 aromatic heterocycles. The van der Waals surface area contributed by atoms with Crippen LogP contribution in [0.5, 0.6) is 17.2 Å². The van der Waals surface area contributed by atoms with Gasteiger partial charge in [0.2, 0.25) is 5.75 Å². The van der Waals surface area contributed by atoms with Crippen molar-refractivity contribution in [1.82, 2.24) is 5.32 Å². The molecule has 0 saturated heterocycles. The molecule has 0 spiro atoms. The number of methoxy groups -OCH3 is 3. The van der Waals surface area contributed by atoms with E-state index in [2.05, 4.69) is 5.32 Å². The van der Waals surface area contributed by atoms with E-state index in [1.807, 2.05) is 0 Å². The summed E-state index contributed by atoms with van der Waals surface area (Å²) in [5.41, 5.74) is 0.657. The Balaban J connectivity index is 2.91. The molecule has 0 unspecified atom stereocenters. The minimum Gasteiger partial charge on any atom is -0.493 e. The van der Waals surface area contributed by atoms with Crippen LogP contribution in [0.25, 0.3) is 6.08 Å². The van der Waals surface area contributed by atoms with Crippen LogP contribution in [-0.4, -0.2) is 46.4 Å². The molecule has 1 rings (SSSR count). The first-order valence-electron chi connectivity index (χ1n) is 6.87. The fourth-order valence-corrected chi connectivity index (χ4v) is 1.83. The van der Waals surface area contributed by atoms with Crippen molar-refractivity contribution in [3.8, 4) is 17.2 Å². The molecule has 7 nitrogen and oxygen atoms in total. The van der Waals surface area contributed by atoms with Gasteiger partial charge in [0.05, 0.1) is 21.3 Å². The highest BCUT2D eigenvalue weighted by molar-refractivity contribution is 5.90. The summed E-state index contributed by atoms with van der Waals surface area (Å²) in [6, 6.07) is 3.38. The lowest BCUT2D eigenvalue weighted by Gasteiger charge is -2.13. The second-order valence-electron chi connectivity index (χ2n) is 4.49. The van der Waals surface area contributed by atoms with Gasteiger partial charge < -0.3 is 24.3 Å². The van der Waals surface area contributed by atoms with Crippen molar-refractivity contribution in [2.45, 2.75) is 13.0 Å². The van der Waals surface area contributed by atoms with Gasteiger partial charge in [0, 0.05) is 13.1 Å². The molecule has 0 saturated carbocycles. The van der Waals surface area contributed by atoms with Crippen LogP contribution in [0, 0.1) is 0 Å². The third-order valence-corrected chi connectivity index (χ3v) is 3.01. The van der Waals surface area contributed by atoms with Crippen LogP contribution < -0.4 is 19.5 Å². The zero-order valence-corrected chi connectivity index (χ0v) is 13.8. The number of nitrogens with one attached hydrogen (secondary N) is 1. The van der Waals surface area contributed by atoms with Gasteiger partial charge in [-0.2, -0.15) is 0 Å². The molecule has 23 heavy (non-hydrogen) atoms. The number of hydrogen-bond acceptors (Lipinski definition) is 6. The summed E-state index contributed by atoms with van der Waals surface area (Å²) in [6.45, 7) is 1.49. The summed E-state index contributed by atoms with van der Waals surface area (Å²) < 4.78 is 20.6. The van der Waals surface area contributed by atoms with E-state index in [-0.39, 0.29) is 5.91 Å². The Morgan fingerprint density at radius 3 is 2.09 bits per heavy atom. The van der Waals surface area contributed by atoms with Crippen LogP contribution in [0.4, 0.5) is 0 Å². The third-order valence-electron chi connectivity index (χ3n) is 3.01. The van der Waals surface area contributed by atoms with Crippen LogP contribution in [0.1, 0.15) is 12.5 Å². The second kappa shape index (κ2) is 8.67. The topological polar surface area (TPSA) is 83.1 Å². The molecule has 0 aliphatic rings. The largest absolute Gasteiger partial charge is 0.493 e. The summed E-state index contributed by atoms with van der Waals surface area (Å²) in [4.78, 5) is 23.0. The van der Waals surface area contributed by atoms with E-state index in [0.29, 0.717) is 22.8 Å². The maximum Gasteiger partial charge on any atom is 0.331 e. The molecular formula is C16H21NO6. The Morgan fingerprint density at radius 1 is 1.09 bits per heavy atom. The van der Waals surface area contributed by atoms with Gasteiger partial charge in [0.15, 0.2) is 17.6 Å². The summed E-state index contributed by atoms with van der Waals surface area (Å²) >= 11 is 0. The fourth-order valence-electron chi connectivity index (χ4n) is 1.83. The van der Waals surface area contributed by atoms with Crippen LogP contribution in [0.15, 0.2) is 18.2 Å². The van der Waals surface area contributed by atoms with Gasteiger partial charge in [-0.3, -0.25) is 4.79 Å². The first-order chi connectivity index (χ1) is 11.0. The smallest absolute Gasteiger partial charge is 0.331 e. The van der Waals surface area contributed by atoms with Gasteiger partial charge in [-0.15, -0.1) is 0 Å². The molecule has 1 aromatic rings. The lowest BCUT2D eigenvalue weighted by molar-refractivity contribution is -0.149. The number of amides is 1. The highest BCUT2D eigenvalue weighted by Gasteiger charge is 2.15. The van der Waals surface area contributed by atoms with Gasteiger partial charge in [0.1, 0.15) is 0 Å². The molecule has 7 heteroatoms. The quantitative estimate of drug-likeness (QED) is 0.603. The van der Waals surface area contributed by atoms with Gasteiger partial charge in [-0.05, 0) is 30.7 Å². The Bertz CT molecular complexity index is 571. The number of carbonyl (C=O) groups is 2. The van der Waals surface area contributed by atoms with Crippen molar-refractivity contribution >= 4 is 18.0 Å². The van der Waals surface area contributed by atoms with Crippen molar-refractivity contribution in [2.75, 3.05) is 28.4 Å². The average molecular weight is 323 g/mol. The first-order valence-corrected chi connectivity index (χ1v) is 6.87. The number of hydrogen-bond donors (Lipinski definition) is 1. The lowest BCUT2D eigenvalue weighted by atomic mass is 10.1. The Hall–Kier alpha value is -2.70. The average Bonchev–Trinajstić information content (AvgIpc) is 2.57. The minimum absolute atomic E-state index is 0.375. The van der Waals surface area contributed by atoms with Gasteiger partial charge in [-0.25, -0.2) is 4.79 Å². The van der Waals surface area contributed by atoms with Crippen molar-refractivity contribution < 1.29 is 28.5 Å². The zero-order valence-electron chi connectivity index (χ0n) is 13.8. The molecule has 1 aromatic carbocycles. The van der Waals surface area contributed by atoms with Crippen molar-refractivity contribution in [1.29, 1.82) is 0 Å². The standard InChI is InChI=1S/C16H21NO6/c1-10(16(19)17-2)23-14(18)7-6-11-8-12(20-3)15(22-5)13(9-11)21-4/h6-10H,1-5H3,(H,17,19)/b7-6+/t10-/m1/s1. The zero-order chi connectivity index (χ0) is 17.4. The molecule has 0 bridgehead atoms. The molecule has 1 atom stereocenters. The maximum atomic E-state index is 11.7. The Labute approximate surface area is 135 Å². The Kier molecular flexibility index (Phi) is 6.92. The van der Waals surface area contributed by atoms with E-state index in [1.165, 1.54) is 47.5 Å². The van der Waals surface area contributed by atoms with E-state index in [9.17, 15) is 9.59 Å². The Morgan fingerprint density at radius 2 is 1.65 bits per heavy atom. The summed E-state index contributed by atoms with van der Waals surface area (Å²) in [5.74, 6) is 0.398. The second-order valence-corrected chi connectivity index (χ2v) is 4.49. The van der Waals surface area contributed by atoms with E-state index in [4.69, 9.17) is 18.9 Å². The number of likely N-dealkylation sites (N-methyl/N-ethyl adjacent to an activating group) is 1. The van der Waals surface area contributed by atoms with Crippen molar-refractivity contribution in [3.63, 3.8) is 0 Å². The molecule has 0 aliphatic heterocycles. The van der Waals surface area contributed by atoms with Gasteiger partial charge >= 0.3 is 5.97 Å². The number of esters is 1. The number of ether oxygens (including phenoxy) is 4. The van der Waals surface area contributed by atoms with Gasteiger partial charge in [0.25, 0.3) is 5.91 Å². The SMILES string of the molecule is CNC(=O)[C@@H](C)OC(=O)/C=C/c1cc(OC)c(OC)c(OC)c1. The summed E-state index contributed by atoms with van der Waals surface area (Å²) in [5, 5.41) is 2.40. The molecule has 0 aliphatic carbocycles. The number of benzene rings is 1. The number of carbonyl (C=O) groups excluding carboxylic acids is 2. The molecule has 1 amide bonds. The van der Waals surface area contributed by atoms with E-state index in [0.717, 1.165) is 0 Å². The van der Waals surface area contributed by atoms with E-state index in [1.54, 1.807) is 12.1 Å². The summed E-state index contributed by atoms with van der Waals surface area (Å²) in [6.07, 6.45) is 1.89.